The molecule has 1 fully saturated rings. The van der Waals surface area contributed by atoms with Crippen molar-refractivity contribution in [1.29, 1.82) is 0 Å². The van der Waals surface area contributed by atoms with Gasteiger partial charge in [0.1, 0.15) is 0 Å². The van der Waals surface area contributed by atoms with Gasteiger partial charge in [-0.25, -0.2) is 13.6 Å². The molecule has 1 atom stereocenters. The van der Waals surface area contributed by atoms with Gasteiger partial charge in [-0.1, -0.05) is 20.8 Å². The lowest BCUT2D eigenvalue weighted by molar-refractivity contribution is -0.136. The predicted octanol–water partition coefficient (Wildman–Crippen LogP) is 1.68. The molecule has 0 spiro atoms. The predicted molar refractivity (Wildman–Crippen MR) is 86.9 cm³/mol. The lowest BCUT2D eigenvalue weighted by Gasteiger charge is -2.39. The fourth-order valence-corrected chi connectivity index (χ4v) is 2.43. The normalized spacial score (nSPS) is 22.2. The molecule has 1 heterocycles. The number of piperidine rings is 1. The van der Waals surface area contributed by atoms with Crippen molar-refractivity contribution in [1.82, 2.24) is 15.1 Å². The van der Waals surface area contributed by atoms with Gasteiger partial charge in [0.15, 0.2) is 0 Å². The number of halogens is 2. The third kappa shape index (κ3) is 5.29. The lowest BCUT2D eigenvalue weighted by atomic mass is 9.88. The van der Waals surface area contributed by atoms with Crippen molar-refractivity contribution in [2.45, 2.75) is 51.6 Å². The van der Waals surface area contributed by atoms with Gasteiger partial charge >= 0.3 is 6.03 Å². The van der Waals surface area contributed by atoms with E-state index in [2.05, 4.69) is 5.32 Å². The van der Waals surface area contributed by atoms with Crippen LogP contribution in [0.2, 0.25) is 0 Å². The quantitative estimate of drug-likeness (QED) is 0.811. The standard InChI is InChI=1S/C16H29F2N3O3/c1-14(2,3)16(17,18)10-19-13(23)21-8-6-7-15(24,11-21)9-12(22)20(4)5/h24H,6-11H2,1-5H3,(H,19,23). The highest BCUT2D eigenvalue weighted by Gasteiger charge is 2.44. The van der Waals surface area contributed by atoms with Crippen LogP contribution in [0.3, 0.4) is 0 Å². The molecule has 0 bridgehead atoms. The number of carbonyl (C=O) groups excluding carboxylic acids is 2. The SMILES string of the molecule is CN(C)C(=O)CC1(O)CCCN(C(=O)NCC(F)(F)C(C)(C)C)C1. The summed E-state index contributed by atoms with van der Waals surface area (Å²) in [6, 6.07) is -0.644. The fourth-order valence-electron chi connectivity index (χ4n) is 2.43. The van der Waals surface area contributed by atoms with E-state index in [1.54, 1.807) is 14.1 Å². The molecule has 0 radical (unpaired) electrons. The molecule has 3 amide bonds. The maximum Gasteiger partial charge on any atom is 0.317 e. The Morgan fingerprint density at radius 1 is 1.29 bits per heavy atom. The molecule has 1 unspecified atom stereocenters. The number of hydrogen-bond acceptors (Lipinski definition) is 3. The zero-order valence-corrected chi connectivity index (χ0v) is 15.2. The second-order valence-corrected chi connectivity index (χ2v) is 7.83. The van der Waals surface area contributed by atoms with E-state index in [4.69, 9.17) is 0 Å². The van der Waals surface area contributed by atoms with Gasteiger partial charge in [-0.05, 0) is 12.8 Å². The fraction of sp³-hybridized carbons (Fsp3) is 0.875. The van der Waals surface area contributed by atoms with Crippen LogP contribution < -0.4 is 5.32 Å². The van der Waals surface area contributed by atoms with Crippen LogP contribution >= 0.6 is 0 Å². The summed E-state index contributed by atoms with van der Waals surface area (Å²) in [5.74, 6) is -3.28. The second-order valence-electron chi connectivity index (χ2n) is 7.83. The number of β-amino-alcohol motifs (C(OH)–C–C–N with tert-alkyl or cyclic N) is 1. The van der Waals surface area contributed by atoms with Crippen molar-refractivity contribution >= 4 is 11.9 Å². The van der Waals surface area contributed by atoms with E-state index < -0.39 is 29.5 Å². The smallest absolute Gasteiger partial charge is 0.317 e. The van der Waals surface area contributed by atoms with Gasteiger partial charge in [0.2, 0.25) is 5.91 Å². The van der Waals surface area contributed by atoms with E-state index in [0.717, 1.165) is 0 Å². The van der Waals surface area contributed by atoms with E-state index in [9.17, 15) is 23.5 Å². The molecule has 8 heteroatoms. The van der Waals surface area contributed by atoms with Crippen molar-refractivity contribution < 1.29 is 23.5 Å². The van der Waals surface area contributed by atoms with Crippen LogP contribution in [0.5, 0.6) is 0 Å². The molecule has 0 aromatic rings. The highest BCUT2D eigenvalue weighted by molar-refractivity contribution is 5.77. The summed E-state index contributed by atoms with van der Waals surface area (Å²) in [5.41, 5.74) is -2.58. The number of urea groups is 1. The number of nitrogens with zero attached hydrogens (tertiary/aromatic N) is 2. The first-order valence-electron chi connectivity index (χ1n) is 8.11. The Morgan fingerprint density at radius 2 is 1.88 bits per heavy atom. The molecule has 1 aliphatic heterocycles. The van der Waals surface area contributed by atoms with E-state index in [0.29, 0.717) is 19.4 Å². The van der Waals surface area contributed by atoms with Crippen molar-refractivity contribution in [3.8, 4) is 0 Å². The number of alkyl halides is 2. The van der Waals surface area contributed by atoms with Crippen molar-refractivity contribution in [2.75, 3.05) is 33.7 Å². The van der Waals surface area contributed by atoms with Crippen molar-refractivity contribution in [3.05, 3.63) is 0 Å². The Kier molecular flexibility index (Phi) is 6.19. The van der Waals surface area contributed by atoms with Gasteiger partial charge in [0, 0.05) is 26.1 Å². The molecule has 0 saturated carbocycles. The summed E-state index contributed by atoms with van der Waals surface area (Å²) in [7, 11) is 3.18. The largest absolute Gasteiger partial charge is 0.387 e. The Morgan fingerprint density at radius 3 is 2.38 bits per heavy atom. The van der Waals surface area contributed by atoms with Gasteiger partial charge in [-0.2, -0.15) is 0 Å². The van der Waals surface area contributed by atoms with Crippen LogP contribution in [-0.4, -0.2) is 72.1 Å². The maximum atomic E-state index is 13.9. The van der Waals surface area contributed by atoms with Gasteiger partial charge in [0.25, 0.3) is 5.92 Å². The zero-order chi connectivity index (χ0) is 18.8. The first kappa shape index (κ1) is 20.6. The van der Waals surface area contributed by atoms with Crippen LogP contribution in [0.15, 0.2) is 0 Å². The molecule has 2 N–H and O–H groups in total. The minimum absolute atomic E-state index is 0.0422. The third-order valence-electron chi connectivity index (χ3n) is 4.38. The van der Waals surface area contributed by atoms with E-state index in [1.807, 2.05) is 0 Å². The molecule has 0 aliphatic carbocycles. The van der Waals surface area contributed by atoms with Crippen LogP contribution in [0.25, 0.3) is 0 Å². The highest BCUT2D eigenvalue weighted by atomic mass is 19.3. The Hall–Kier alpha value is -1.44. The first-order chi connectivity index (χ1) is 10.8. The van der Waals surface area contributed by atoms with Gasteiger partial charge in [0.05, 0.1) is 25.1 Å². The number of rotatable bonds is 4. The topological polar surface area (TPSA) is 72.9 Å². The molecule has 140 valence electrons. The average Bonchev–Trinajstić information content (AvgIpc) is 2.43. The zero-order valence-electron chi connectivity index (χ0n) is 15.2. The minimum Gasteiger partial charge on any atom is -0.387 e. The molecule has 6 nitrogen and oxygen atoms in total. The first-order valence-corrected chi connectivity index (χ1v) is 8.11. The van der Waals surface area contributed by atoms with Crippen LogP contribution in [-0.2, 0) is 4.79 Å². The van der Waals surface area contributed by atoms with Crippen molar-refractivity contribution in [3.63, 3.8) is 0 Å². The monoisotopic (exact) mass is 349 g/mol. The van der Waals surface area contributed by atoms with Crippen molar-refractivity contribution in [2.24, 2.45) is 5.41 Å². The number of hydrogen-bond donors (Lipinski definition) is 2. The molecule has 24 heavy (non-hydrogen) atoms. The number of likely N-dealkylation sites (tertiary alicyclic amines) is 1. The highest BCUT2D eigenvalue weighted by Crippen LogP contribution is 2.35. The van der Waals surface area contributed by atoms with E-state index in [-0.39, 0.29) is 18.9 Å². The summed E-state index contributed by atoms with van der Waals surface area (Å²) in [6.07, 6.45) is 0.816. The Balaban J connectivity index is 2.64. The van der Waals surface area contributed by atoms with E-state index in [1.165, 1.54) is 30.6 Å². The summed E-state index contributed by atoms with van der Waals surface area (Å²) < 4.78 is 27.9. The minimum atomic E-state index is -3.05. The molecule has 1 rings (SSSR count). The van der Waals surface area contributed by atoms with Gasteiger partial charge in [-0.15, -0.1) is 0 Å². The molecular weight excluding hydrogens is 320 g/mol. The molecule has 1 aliphatic rings. The van der Waals surface area contributed by atoms with Gasteiger partial charge < -0.3 is 20.2 Å². The van der Waals surface area contributed by atoms with Crippen LogP contribution in [0, 0.1) is 5.41 Å². The summed E-state index contributed by atoms with van der Waals surface area (Å²) in [5, 5.41) is 12.8. The molecular formula is C16H29F2N3O3. The molecule has 1 saturated heterocycles. The number of amides is 3. The Labute approximate surface area is 142 Å². The van der Waals surface area contributed by atoms with Crippen LogP contribution in [0.1, 0.15) is 40.0 Å². The maximum absolute atomic E-state index is 13.9. The molecule has 0 aromatic carbocycles. The van der Waals surface area contributed by atoms with E-state index >= 15 is 0 Å². The number of nitrogens with one attached hydrogen (secondary N) is 1. The van der Waals surface area contributed by atoms with Crippen LogP contribution in [0.4, 0.5) is 13.6 Å². The Bertz CT molecular complexity index is 478. The van der Waals surface area contributed by atoms with Gasteiger partial charge in [-0.3, -0.25) is 4.79 Å². The number of aliphatic hydroxyl groups is 1. The molecule has 0 aromatic heterocycles. The second kappa shape index (κ2) is 7.21. The number of carbonyl (C=O) groups is 2. The third-order valence-corrected chi connectivity index (χ3v) is 4.38. The summed E-state index contributed by atoms with van der Waals surface area (Å²) in [4.78, 5) is 26.6. The summed E-state index contributed by atoms with van der Waals surface area (Å²) >= 11 is 0. The average molecular weight is 349 g/mol. The lowest BCUT2D eigenvalue weighted by Crippen LogP contribution is -2.56. The summed E-state index contributed by atoms with van der Waals surface area (Å²) in [6.45, 7) is 3.79.